The highest BCUT2D eigenvalue weighted by Gasteiger charge is 1.99. The highest BCUT2D eigenvalue weighted by atomic mass is 15.3. The molecule has 1 aromatic heterocycles. The Labute approximate surface area is 61.1 Å². The summed E-state index contributed by atoms with van der Waals surface area (Å²) in [4.78, 5) is 4.02. The summed E-state index contributed by atoms with van der Waals surface area (Å²) in [6.45, 7) is 7.27. The molecule has 0 spiro atoms. The van der Waals surface area contributed by atoms with E-state index in [1.165, 1.54) is 0 Å². The van der Waals surface area contributed by atoms with Crippen LogP contribution in [0, 0.1) is 12.8 Å². The molecule has 0 aliphatic heterocycles. The van der Waals surface area contributed by atoms with E-state index in [0.29, 0.717) is 5.92 Å². The Morgan fingerprint density at radius 2 is 2.30 bits per heavy atom. The van der Waals surface area contributed by atoms with Gasteiger partial charge in [-0.1, -0.05) is 13.8 Å². The number of hydrogen-bond acceptors (Lipinski definition) is 2. The maximum atomic E-state index is 4.06. The summed E-state index contributed by atoms with van der Waals surface area (Å²) in [6.07, 6.45) is 1.59. The van der Waals surface area contributed by atoms with Gasteiger partial charge in [0.25, 0.3) is 0 Å². The quantitative estimate of drug-likeness (QED) is 0.617. The van der Waals surface area contributed by atoms with Crippen molar-refractivity contribution >= 4 is 0 Å². The fourth-order valence-corrected chi connectivity index (χ4v) is 0.847. The van der Waals surface area contributed by atoms with Gasteiger partial charge in [-0.2, -0.15) is 5.10 Å². The first-order valence-electron chi connectivity index (χ1n) is 3.54. The summed E-state index contributed by atoms with van der Waals surface area (Å²) in [5.74, 6) is 1.63. The largest absolute Gasteiger partial charge is 0.250 e. The summed E-state index contributed by atoms with van der Waals surface area (Å²) in [5.41, 5.74) is 0. The molecule has 10 heavy (non-hydrogen) atoms. The van der Waals surface area contributed by atoms with Gasteiger partial charge < -0.3 is 0 Å². The fourth-order valence-electron chi connectivity index (χ4n) is 0.847. The zero-order valence-corrected chi connectivity index (χ0v) is 6.70. The van der Waals surface area contributed by atoms with E-state index in [2.05, 4.69) is 23.9 Å². The van der Waals surface area contributed by atoms with Crippen LogP contribution in [0.5, 0.6) is 0 Å². The van der Waals surface area contributed by atoms with Crippen molar-refractivity contribution in [2.45, 2.75) is 27.3 Å². The van der Waals surface area contributed by atoms with E-state index in [9.17, 15) is 0 Å². The van der Waals surface area contributed by atoms with E-state index < -0.39 is 0 Å². The zero-order valence-electron chi connectivity index (χ0n) is 6.70. The van der Waals surface area contributed by atoms with Crippen molar-refractivity contribution in [3.05, 3.63) is 12.2 Å². The number of hydrogen-bond donors (Lipinski definition) is 0. The molecule has 0 radical (unpaired) electrons. The van der Waals surface area contributed by atoms with Crippen molar-refractivity contribution in [3.63, 3.8) is 0 Å². The smallest absolute Gasteiger partial charge is 0.138 e. The van der Waals surface area contributed by atoms with Gasteiger partial charge in [0.2, 0.25) is 0 Å². The van der Waals surface area contributed by atoms with Crippen molar-refractivity contribution in [1.29, 1.82) is 0 Å². The minimum absolute atomic E-state index is 0.639. The summed E-state index contributed by atoms with van der Waals surface area (Å²) in [6, 6.07) is 0. The van der Waals surface area contributed by atoms with Crippen LogP contribution >= 0.6 is 0 Å². The Morgan fingerprint density at radius 1 is 1.60 bits per heavy atom. The standard InChI is InChI=1S/C7H13N3/c1-6(2)4-10-7(3)8-5-9-10/h5-6H,4H2,1-3H3. The molecular formula is C7H13N3. The molecule has 1 aromatic rings. The highest BCUT2D eigenvalue weighted by Crippen LogP contribution is 1.98. The predicted molar refractivity (Wildman–Crippen MR) is 39.6 cm³/mol. The van der Waals surface area contributed by atoms with Gasteiger partial charge in [0, 0.05) is 6.54 Å². The average Bonchev–Trinajstić information content (AvgIpc) is 2.15. The van der Waals surface area contributed by atoms with E-state index in [-0.39, 0.29) is 0 Å². The van der Waals surface area contributed by atoms with Crippen molar-refractivity contribution in [1.82, 2.24) is 14.8 Å². The summed E-state index contributed by atoms with van der Waals surface area (Å²) in [7, 11) is 0. The van der Waals surface area contributed by atoms with Gasteiger partial charge in [0.15, 0.2) is 0 Å². The molecule has 0 saturated carbocycles. The van der Waals surface area contributed by atoms with Crippen LogP contribution in [0.25, 0.3) is 0 Å². The maximum absolute atomic E-state index is 4.06. The summed E-state index contributed by atoms with van der Waals surface area (Å²) < 4.78 is 1.92. The molecule has 1 rings (SSSR count). The Balaban J connectivity index is 2.65. The SMILES string of the molecule is Cc1ncnn1CC(C)C. The average molecular weight is 139 g/mol. The second-order valence-electron chi connectivity index (χ2n) is 2.88. The van der Waals surface area contributed by atoms with Crippen molar-refractivity contribution < 1.29 is 0 Å². The normalized spacial score (nSPS) is 10.8. The van der Waals surface area contributed by atoms with Crippen LogP contribution in [0.15, 0.2) is 6.33 Å². The second kappa shape index (κ2) is 2.82. The first-order chi connectivity index (χ1) is 4.70. The van der Waals surface area contributed by atoms with Crippen LogP contribution in [-0.4, -0.2) is 14.8 Å². The number of rotatable bonds is 2. The third-order valence-corrected chi connectivity index (χ3v) is 1.35. The molecule has 56 valence electrons. The lowest BCUT2D eigenvalue weighted by Gasteiger charge is -2.04. The Bertz CT molecular complexity index is 202. The van der Waals surface area contributed by atoms with Gasteiger partial charge in [0.05, 0.1) is 0 Å². The fraction of sp³-hybridized carbons (Fsp3) is 0.714. The molecule has 3 heteroatoms. The second-order valence-corrected chi connectivity index (χ2v) is 2.88. The van der Waals surface area contributed by atoms with E-state index in [4.69, 9.17) is 0 Å². The lowest BCUT2D eigenvalue weighted by molar-refractivity contribution is 0.473. The molecule has 0 aliphatic carbocycles. The van der Waals surface area contributed by atoms with Gasteiger partial charge in [0.1, 0.15) is 12.2 Å². The molecule has 0 amide bonds. The molecule has 1 heterocycles. The van der Waals surface area contributed by atoms with Gasteiger partial charge in [-0.15, -0.1) is 0 Å². The number of aryl methyl sites for hydroxylation is 1. The molecule has 0 N–H and O–H groups in total. The molecule has 0 unspecified atom stereocenters. The lowest BCUT2D eigenvalue weighted by atomic mass is 10.2. The minimum atomic E-state index is 0.639. The van der Waals surface area contributed by atoms with Gasteiger partial charge in [-0.05, 0) is 12.8 Å². The van der Waals surface area contributed by atoms with Crippen LogP contribution < -0.4 is 0 Å². The van der Waals surface area contributed by atoms with Crippen LogP contribution in [0.4, 0.5) is 0 Å². The minimum Gasteiger partial charge on any atom is -0.250 e. The molecule has 0 atom stereocenters. The molecule has 3 nitrogen and oxygen atoms in total. The van der Waals surface area contributed by atoms with Crippen molar-refractivity contribution in [2.75, 3.05) is 0 Å². The molecule has 0 aromatic carbocycles. The topological polar surface area (TPSA) is 30.7 Å². The van der Waals surface area contributed by atoms with E-state index >= 15 is 0 Å². The predicted octanol–water partition coefficient (Wildman–Crippen LogP) is 1.24. The van der Waals surface area contributed by atoms with Crippen LogP contribution in [0.1, 0.15) is 19.7 Å². The number of aromatic nitrogens is 3. The molecule has 0 aliphatic rings. The maximum Gasteiger partial charge on any atom is 0.138 e. The molecular weight excluding hydrogens is 126 g/mol. The monoisotopic (exact) mass is 139 g/mol. The van der Waals surface area contributed by atoms with Gasteiger partial charge in [-0.3, -0.25) is 4.68 Å². The highest BCUT2D eigenvalue weighted by molar-refractivity contribution is 4.77. The molecule has 0 bridgehead atoms. The van der Waals surface area contributed by atoms with Crippen molar-refractivity contribution in [3.8, 4) is 0 Å². The van der Waals surface area contributed by atoms with E-state index in [0.717, 1.165) is 12.4 Å². The van der Waals surface area contributed by atoms with Crippen LogP contribution in [0.3, 0.4) is 0 Å². The van der Waals surface area contributed by atoms with E-state index in [1.54, 1.807) is 6.33 Å². The Hall–Kier alpha value is -0.860. The first-order valence-corrected chi connectivity index (χ1v) is 3.54. The van der Waals surface area contributed by atoms with Gasteiger partial charge in [-0.25, -0.2) is 4.98 Å². The zero-order chi connectivity index (χ0) is 7.56. The van der Waals surface area contributed by atoms with Crippen LogP contribution in [-0.2, 0) is 6.54 Å². The van der Waals surface area contributed by atoms with Gasteiger partial charge >= 0.3 is 0 Å². The Morgan fingerprint density at radius 3 is 2.70 bits per heavy atom. The van der Waals surface area contributed by atoms with E-state index in [1.807, 2.05) is 11.6 Å². The third-order valence-electron chi connectivity index (χ3n) is 1.35. The summed E-state index contributed by atoms with van der Waals surface area (Å²) in [5, 5.41) is 4.06. The molecule has 0 fully saturated rings. The van der Waals surface area contributed by atoms with Crippen molar-refractivity contribution in [2.24, 2.45) is 5.92 Å². The first kappa shape index (κ1) is 7.25. The third kappa shape index (κ3) is 1.56. The Kier molecular flexibility index (Phi) is 2.04. The summed E-state index contributed by atoms with van der Waals surface area (Å²) >= 11 is 0. The van der Waals surface area contributed by atoms with Crippen LogP contribution in [0.2, 0.25) is 0 Å². The number of nitrogens with zero attached hydrogens (tertiary/aromatic N) is 3. The molecule has 0 saturated heterocycles. The lowest BCUT2D eigenvalue weighted by Crippen LogP contribution is -2.07.